The first-order valence-corrected chi connectivity index (χ1v) is 9.92. The van der Waals surface area contributed by atoms with Crippen molar-refractivity contribution < 1.29 is 27.9 Å². The van der Waals surface area contributed by atoms with Crippen LogP contribution in [0.1, 0.15) is 26.3 Å². The molecule has 1 atom stereocenters. The van der Waals surface area contributed by atoms with Gasteiger partial charge in [-0.3, -0.25) is 4.79 Å². The maximum Gasteiger partial charge on any atom is 0.326 e. The number of hydrogen-bond donors (Lipinski definition) is 2. The monoisotopic (exact) mass is 386 g/mol. The van der Waals surface area contributed by atoms with Crippen LogP contribution in [-0.4, -0.2) is 61.4 Å². The van der Waals surface area contributed by atoms with Gasteiger partial charge in [-0.25, -0.2) is 17.9 Å². The molecule has 0 bridgehead atoms. The number of benzene rings is 1. The van der Waals surface area contributed by atoms with E-state index >= 15 is 0 Å². The molecule has 0 aliphatic rings. The van der Waals surface area contributed by atoms with Gasteiger partial charge in [0.25, 0.3) is 0 Å². The van der Waals surface area contributed by atoms with E-state index in [4.69, 9.17) is 4.74 Å². The molecular formula is C17H26N2O6S. The molecular weight excluding hydrogens is 360 g/mol. The van der Waals surface area contributed by atoms with E-state index in [2.05, 4.69) is 4.72 Å². The van der Waals surface area contributed by atoms with E-state index in [-0.39, 0.29) is 25.0 Å². The summed E-state index contributed by atoms with van der Waals surface area (Å²) in [6.07, 6.45) is -0.0930. The van der Waals surface area contributed by atoms with Gasteiger partial charge in [0.2, 0.25) is 15.9 Å². The molecule has 2 N–H and O–H groups in total. The smallest absolute Gasteiger partial charge is 0.326 e. The van der Waals surface area contributed by atoms with Crippen molar-refractivity contribution in [2.75, 3.05) is 18.9 Å². The van der Waals surface area contributed by atoms with Crippen LogP contribution in [0.4, 0.5) is 0 Å². The molecule has 1 rings (SSSR count). The number of carboxylic acids is 1. The summed E-state index contributed by atoms with van der Waals surface area (Å²) in [6.45, 7) is 4.55. The molecule has 0 spiro atoms. The number of carbonyl (C=O) groups is 2. The van der Waals surface area contributed by atoms with Gasteiger partial charge in [0.1, 0.15) is 6.04 Å². The third kappa shape index (κ3) is 7.94. The van der Waals surface area contributed by atoms with Crippen molar-refractivity contribution in [3.05, 3.63) is 35.9 Å². The topological polar surface area (TPSA) is 113 Å². The van der Waals surface area contributed by atoms with Crippen molar-refractivity contribution in [2.45, 2.75) is 39.5 Å². The maximum absolute atomic E-state index is 12.4. The van der Waals surface area contributed by atoms with Crippen molar-refractivity contribution in [1.82, 2.24) is 9.62 Å². The average Bonchev–Trinajstić information content (AvgIpc) is 2.57. The highest BCUT2D eigenvalue weighted by Crippen LogP contribution is 2.09. The van der Waals surface area contributed by atoms with E-state index in [1.807, 2.05) is 6.07 Å². The lowest BCUT2D eigenvalue weighted by Crippen LogP contribution is -2.47. The third-order valence-electron chi connectivity index (χ3n) is 3.59. The van der Waals surface area contributed by atoms with Gasteiger partial charge in [0.15, 0.2) is 0 Å². The Kier molecular flexibility index (Phi) is 8.70. The fourth-order valence-electron chi connectivity index (χ4n) is 2.09. The minimum atomic E-state index is -3.69. The quantitative estimate of drug-likeness (QED) is 0.582. The molecule has 0 aliphatic carbocycles. The van der Waals surface area contributed by atoms with Crippen LogP contribution in [0.15, 0.2) is 30.3 Å². The second kappa shape index (κ2) is 10.2. The summed E-state index contributed by atoms with van der Waals surface area (Å²) in [5.74, 6) is -2.05. The molecule has 1 unspecified atom stereocenters. The number of ether oxygens (including phenoxy) is 1. The molecule has 0 aromatic heterocycles. The molecule has 0 radical (unpaired) electrons. The van der Waals surface area contributed by atoms with Crippen LogP contribution in [0, 0.1) is 0 Å². The van der Waals surface area contributed by atoms with E-state index in [1.165, 1.54) is 6.92 Å². The zero-order valence-corrected chi connectivity index (χ0v) is 16.0. The Morgan fingerprint density at radius 1 is 1.19 bits per heavy atom. The fourth-order valence-corrected chi connectivity index (χ4v) is 2.90. The van der Waals surface area contributed by atoms with Gasteiger partial charge in [0.05, 0.1) is 25.0 Å². The van der Waals surface area contributed by atoms with E-state index in [1.54, 1.807) is 38.1 Å². The highest BCUT2D eigenvalue weighted by atomic mass is 32.2. The number of carbonyl (C=O) groups excluding carboxylic acids is 1. The van der Waals surface area contributed by atoms with Crippen LogP contribution in [-0.2, 0) is 30.9 Å². The number of nitrogens with one attached hydrogen (secondary N) is 1. The summed E-state index contributed by atoms with van der Waals surface area (Å²) in [5, 5.41) is 9.23. The number of rotatable bonds is 11. The minimum Gasteiger partial charge on any atom is -0.480 e. The van der Waals surface area contributed by atoms with Crippen molar-refractivity contribution in [1.29, 1.82) is 0 Å². The Morgan fingerprint density at radius 3 is 2.35 bits per heavy atom. The third-order valence-corrected chi connectivity index (χ3v) is 4.88. The lowest BCUT2D eigenvalue weighted by molar-refractivity contribution is -0.149. The molecule has 1 aromatic rings. The molecule has 0 fully saturated rings. The Morgan fingerprint density at radius 2 is 1.81 bits per heavy atom. The second-order valence-electron chi connectivity index (χ2n) is 6.08. The van der Waals surface area contributed by atoms with Gasteiger partial charge in [-0.05, 0) is 26.3 Å². The molecule has 1 amide bonds. The first kappa shape index (κ1) is 22.1. The van der Waals surface area contributed by atoms with Crippen molar-refractivity contribution in [3.63, 3.8) is 0 Å². The van der Waals surface area contributed by atoms with Crippen LogP contribution in [0.3, 0.4) is 0 Å². The van der Waals surface area contributed by atoms with Gasteiger partial charge >= 0.3 is 5.97 Å². The Bertz CT molecular complexity index is 690. The lowest BCUT2D eigenvalue weighted by Gasteiger charge is -2.27. The molecule has 1 aromatic carbocycles. The number of amides is 1. The van der Waals surface area contributed by atoms with Crippen LogP contribution < -0.4 is 4.72 Å². The number of hydrogen-bond acceptors (Lipinski definition) is 5. The summed E-state index contributed by atoms with van der Waals surface area (Å²) in [6, 6.07) is 7.81. The van der Waals surface area contributed by atoms with E-state index in [0.29, 0.717) is 0 Å². The van der Waals surface area contributed by atoms with Crippen LogP contribution in [0.25, 0.3) is 0 Å². The summed E-state index contributed by atoms with van der Waals surface area (Å²) < 4.78 is 31.2. The van der Waals surface area contributed by atoms with E-state index in [0.717, 1.165) is 10.5 Å². The summed E-state index contributed by atoms with van der Waals surface area (Å²) in [4.78, 5) is 24.8. The maximum atomic E-state index is 12.4. The number of aliphatic carboxylic acids is 1. The molecule has 8 nitrogen and oxygen atoms in total. The van der Waals surface area contributed by atoms with Gasteiger partial charge in [-0.15, -0.1) is 0 Å². The molecule has 0 heterocycles. The summed E-state index contributed by atoms with van der Waals surface area (Å²) in [5.41, 5.74) is 0.752. The normalized spacial score (nSPS) is 12.8. The first-order chi connectivity index (χ1) is 12.1. The molecule has 0 aliphatic heterocycles. The molecule has 26 heavy (non-hydrogen) atoms. The SMILES string of the molecule is CC(C)OCCS(=O)(=O)NCC(=O)N(Cc1ccccc1)C(C)C(=O)O. The molecule has 9 heteroatoms. The van der Waals surface area contributed by atoms with Crippen molar-refractivity contribution in [3.8, 4) is 0 Å². The number of sulfonamides is 1. The Balaban J connectivity index is 2.72. The van der Waals surface area contributed by atoms with Crippen molar-refractivity contribution >= 4 is 21.9 Å². The van der Waals surface area contributed by atoms with Gasteiger partial charge < -0.3 is 14.7 Å². The molecule has 0 saturated heterocycles. The summed E-state index contributed by atoms with van der Waals surface area (Å²) >= 11 is 0. The standard InChI is InChI=1S/C17H26N2O6S/c1-13(2)25-9-10-26(23,24)18-11-16(20)19(14(3)17(21)22)12-15-7-5-4-6-8-15/h4-8,13-14,18H,9-12H2,1-3H3,(H,21,22). The molecule has 0 saturated carbocycles. The van der Waals surface area contributed by atoms with Crippen molar-refractivity contribution in [2.24, 2.45) is 0 Å². The Labute approximate surface area is 154 Å². The van der Waals surface area contributed by atoms with E-state index < -0.39 is 34.5 Å². The zero-order chi connectivity index (χ0) is 19.7. The largest absolute Gasteiger partial charge is 0.480 e. The number of carboxylic acid groups (broad SMARTS) is 1. The lowest BCUT2D eigenvalue weighted by atomic mass is 10.2. The fraction of sp³-hybridized carbons (Fsp3) is 0.529. The van der Waals surface area contributed by atoms with Gasteiger partial charge in [-0.1, -0.05) is 30.3 Å². The van der Waals surface area contributed by atoms with Crippen LogP contribution in [0.2, 0.25) is 0 Å². The minimum absolute atomic E-state index is 0.0143. The number of nitrogens with zero attached hydrogens (tertiary/aromatic N) is 1. The second-order valence-corrected chi connectivity index (χ2v) is 8.01. The zero-order valence-electron chi connectivity index (χ0n) is 15.2. The van der Waals surface area contributed by atoms with Crippen LogP contribution in [0.5, 0.6) is 0 Å². The highest BCUT2D eigenvalue weighted by molar-refractivity contribution is 7.89. The average molecular weight is 386 g/mol. The molecule has 146 valence electrons. The summed E-state index contributed by atoms with van der Waals surface area (Å²) in [7, 11) is -3.69. The van der Waals surface area contributed by atoms with Gasteiger partial charge in [0, 0.05) is 6.54 Å². The predicted octanol–water partition coefficient (Wildman–Crippen LogP) is 0.833. The van der Waals surface area contributed by atoms with E-state index in [9.17, 15) is 23.1 Å². The van der Waals surface area contributed by atoms with Gasteiger partial charge in [-0.2, -0.15) is 0 Å². The highest BCUT2D eigenvalue weighted by Gasteiger charge is 2.26. The Hall–Kier alpha value is -1.97. The predicted molar refractivity (Wildman–Crippen MR) is 97.0 cm³/mol. The van der Waals surface area contributed by atoms with Crippen LogP contribution >= 0.6 is 0 Å². The first-order valence-electron chi connectivity index (χ1n) is 8.27.